The molecule has 1 amide bonds. The molecule has 6 heteroatoms. The van der Waals surface area contributed by atoms with Gasteiger partial charge < -0.3 is 9.64 Å². The lowest BCUT2D eigenvalue weighted by atomic mass is 10.1. The molecule has 0 N–H and O–H groups in total. The summed E-state index contributed by atoms with van der Waals surface area (Å²) in [4.78, 5) is 26.1. The number of esters is 1. The van der Waals surface area contributed by atoms with Crippen LogP contribution >= 0.6 is 23.2 Å². The fourth-order valence-corrected chi connectivity index (χ4v) is 2.50. The Hall–Kier alpha value is -2.04. The highest BCUT2D eigenvalue weighted by Crippen LogP contribution is 2.24. The smallest absolute Gasteiger partial charge is 0.339 e. The summed E-state index contributed by atoms with van der Waals surface area (Å²) in [5, 5.41) is 0.638. The maximum absolute atomic E-state index is 12.3. The fourth-order valence-electron chi connectivity index (χ4n) is 1.97. The number of carbonyl (C=O) groups is 2. The van der Waals surface area contributed by atoms with Gasteiger partial charge in [0.2, 0.25) is 6.10 Å². The Morgan fingerprint density at radius 2 is 1.57 bits per heavy atom. The van der Waals surface area contributed by atoms with E-state index in [1.807, 2.05) is 6.07 Å². The molecule has 0 saturated carbocycles. The average Bonchev–Trinajstić information content (AvgIpc) is 2.51. The monoisotopic (exact) mass is 351 g/mol. The van der Waals surface area contributed by atoms with Gasteiger partial charge in [0.15, 0.2) is 0 Å². The number of carbonyl (C=O) groups excluding carboxylic acids is 2. The van der Waals surface area contributed by atoms with E-state index >= 15 is 0 Å². The largest absolute Gasteiger partial charge is 0.444 e. The van der Waals surface area contributed by atoms with Gasteiger partial charge in [-0.25, -0.2) is 4.79 Å². The zero-order valence-corrected chi connectivity index (χ0v) is 14.1. The molecule has 0 aliphatic rings. The second-order valence-corrected chi connectivity index (χ2v) is 5.96. The maximum Gasteiger partial charge on any atom is 0.339 e. The van der Waals surface area contributed by atoms with Crippen LogP contribution in [0.2, 0.25) is 10.0 Å². The maximum atomic E-state index is 12.3. The number of benzene rings is 2. The molecule has 23 heavy (non-hydrogen) atoms. The Morgan fingerprint density at radius 1 is 1.00 bits per heavy atom. The molecule has 0 fully saturated rings. The number of hydrogen-bond donors (Lipinski definition) is 0. The second-order valence-electron chi connectivity index (χ2n) is 5.09. The minimum absolute atomic E-state index is 0.190. The van der Waals surface area contributed by atoms with Gasteiger partial charge in [-0.1, -0.05) is 53.5 Å². The predicted molar refractivity (Wildman–Crippen MR) is 89.8 cm³/mol. The van der Waals surface area contributed by atoms with Crippen LogP contribution in [0.4, 0.5) is 0 Å². The van der Waals surface area contributed by atoms with Crippen LogP contribution in [0.3, 0.4) is 0 Å². The van der Waals surface area contributed by atoms with Gasteiger partial charge in [0, 0.05) is 29.7 Å². The Morgan fingerprint density at radius 3 is 2.09 bits per heavy atom. The van der Waals surface area contributed by atoms with Crippen molar-refractivity contribution in [1.29, 1.82) is 0 Å². The highest BCUT2D eigenvalue weighted by Gasteiger charge is 2.27. The van der Waals surface area contributed by atoms with Gasteiger partial charge in [0.1, 0.15) is 0 Å². The van der Waals surface area contributed by atoms with E-state index in [2.05, 4.69) is 0 Å². The Labute approximate surface area is 144 Å². The summed E-state index contributed by atoms with van der Waals surface area (Å²) in [6.07, 6.45) is -1.03. The van der Waals surface area contributed by atoms with Crippen LogP contribution in [0.25, 0.3) is 0 Å². The topological polar surface area (TPSA) is 46.6 Å². The summed E-state index contributed by atoms with van der Waals surface area (Å²) in [6, 6.07) is 13.2. The molecule has 0 heterocycles. The summed E-state index contributed by atoms with van der Waals surface area (Å²) in [7, 11) is 3.20. The normalized spacial score (nSPS) is 11.7. The minimum Gasteiger partial charge on any atom is -0.444 e. The summed E-state index contributed by atoms with van der Waals surface area (Å²) in [6.45, 7) is 0. The number of nitrogens with zero attached hydrogens (tertiary/aromatic N) is 1. The van der Waals surface area contributed by atoms with Crippen molar-refractivity contribution in [2.75, 3.05) is 14.1 Å². The van der Waals surface area contributed by atoms with Crippen molar-refractivity contribution >= 4 is 35.1 Å². The molecule has 0 aliphatic carbocycles. The third kappa shape index (κ3) is 4.47. The molecular formula is C17H15Cl2NO3. The lowest BCUT2D eigenvalue weighted by Gasteiger charge is -2.21. The summed E-state index contributed by atoms with van der Waals surface area (Å²) >= 11 is 11.8. The molecule has 0 saturated heterocycles. The van der Waals surface area contributed by atoms with Crippen LogP contribution in [-0.4, -0.2) is 30.9 Å². The number of hydrogen-bond acceptors (Lipinski definition) is 3. The van der Waals surface area contributed by atoms with E-state index in [0.717, 1.165) is 0 Å². The SMILES string of the molecule is CN(C)C(=O)C(OC(=O)c1cc(Cl)cc(Cl)c1)c1ccccc1. The molecule has 120 valence electrons. The van der Waals surface area contributed by atoms with E-state index in [0.29, 0.717) is 15.6 Å². The van der Waals surface area contributed by atoms with Crippen molar-refractivity contribution < 1.29 is 14.3 Å². The van der Waals surface area contributed by atoms with E-state index in [4.69, 9.17) is 27.9 Å². The Balaban J connectivity index is 2.30. The number of halogens is 2. The zero-order chi connectivity index (χ0) is 17.0. The van der Waals surface area contributed by atoms with E-state index in [9.17, 15) is 9.59 Å². The molecule has 2 rings (SSSR count). The molecule has 1 atom stereocenters. The molecule has 0 aliphatic heterocycles. The highest BCUT2D eigenvalue weighted by molar-refractivity contribution is 6.35. The van der Waals surface area contributed by atoms with E-state index in [1.54, 1.807) is 38.4 Å². The quantitative estimate of drug-likeness (QED) is 0.782. The highest BCUT2D eigenvalue weighted by atomic mass is 35.5. The van der Waals surface area contributed by atoms with Gasteiger partial charge in [-0.2, -0.15) is 0 Å². The first-order valence-corrected chi connectivity index (χ1v) is 7.57. The van der Waals surface area contributed by atoms with Crippen molar-refractivity contribution in [2.24, 2.45) is 0 Å². The first-order chi connectivity index (χ1) is 10.9. The van der Waals surface area contributed by atoms with Gasteiger partial charge in [0.25, 0.3) is 5.91 Å². The number of likely N-dealkylation sites (N-methyl/N-ethyl adjacent to an activating group) is 1. The van der Waals surface area contributed by atoms with Gasteiger partial charge in [-0.15, -0.1) is 0 Å². The number of rotatable bonds is 4. The van der Waals surface area contributed by atoms with Gasteiger partial charge in [0.05, 0.1) is 5.56 Å². The van der Waals surface area contributed by atoms with Crippen LogP contribution < -0.4 is 0 Å². The lowest BCUT2D eigenvalue weighted by Crippen LogP contribution is -2.31. The molecule has 0 spiro atoms. The minimum atomic E-state index is -1.03. The average molecular weight is 352 g/mol. The summed E-state index contributed by atoms with van der Waals surface area (Å²) < 4.78 is 5.41. The van der Waals surface area contributed by atoms with Crippen LogP contribution in [0.1, 0.15) is 22.0 Å². The second kappa shape index (κ2) is 7.49. The molecule has 1 unspecified atom stereocenters. The molecule has 2 aromatic carbocycles. The molecule has 2 aromatic rings. The standard InChI is InChI=1S/C17H15Cl2NO3/c1-20(2)16(21)15(11-6-4-3-5-7-11)23-17(22)12-8-13(18)10-14(19)9-12/h3-10,15H,1-2H3. The van der Waals surface area contributed by atoms with E-state index in [-0.39, 0.29) is 11.5 Å². The molecule has 0 bridgehead atoms. The van der Waals surface area contributed by atoms with Crippen molar-refractivity contribution in [3.8, 4) is 0 Å². The van der Waals surface area contributed by atoms with Crippen LogP contribution in [0, 0.1) is 0 Å². The summed E-state index contributed by atoms with van der Waals surface area (Å²) in [5.41, 5.74) is 0.780. The first kappa shape index (κ1) is 17.3. The fraction of sp³-hybridized carbons (Fsp3) is 0.176. The molecule has 4 nitrogen and oxygen atoms in total. The van der Waals surface area contributed by atoms with Crippen LogP contribution in [0.5, 0.6) is 0 Å². The molecular weight excluding hydrogens is 337 g/mol. The Bertz CT molecular complexity index is 697. The van der Waals surface area contributed by atoms with Crippen molar-refractivity contribution in [2.45, 2.75) is 6.10 Å². The van der Waals surface area contributed by atoms with E-state index in [1.165, 1.54) is 23.1 Å². The van der Waals surface area contributed by atoms with Crippen molar-refractivity contribution in [3.05, 3.63) is 69.7 Å². The van der Waals surface area contributed by atoms with Crippen LogP contribution in [0.15, 0.2) is 48.5 Å². The van der Waals surface area contributed by atoms with Crippen molar-refractivity contribution in [1.82, 2.24) is 4.90 Å². The van der Waals surface area contributed by atoms with Gasteiger partial charge >= 0.3 is 5.97 Å². The zero-order valence-electron chi connectivity index (χ0n) is 12.6. The Kier molecular flexibility index (Phi) is 5.64. The number of ether oxygens (including phenoxy) is 1. The lowest BCUT2D eigenvalue weighted by molar-refractivity contribution is -0.138. The first-order valence-electron chi connectivity index (χ1n) is 6.81. The predicted octanol–water partition coefficient (Wildman–Crippen LogP) is 3.98. The van der Waals surface area contributed by atoms with Crippen molar-refractivity contribution in [3.63, 3.8) is 0 Å². The molecule has 0 aromatic heterocycles. The number of amides is 1. The third-order valence-electron chi connectivity index (χ3n) is 3.09. The van der Waals surface area contributed by atoms with Gasteiger partial charge in [-0.05, 0) is 18.2 Å². The van der Waals surface area contributed by atoms with Crippen LogP contribution in [-0.2, 0) is 9.53 Å². The van der Waals surface area contributed by atoms with E-state index < -0.39 is 12.1 Å². The molecule has 0 radical (unpaired) electrons. The summed E-state index contributed by atoms with van der Waals surface area (Å²) in [5.74, 6) is -1.00. The van der Waals surface area contributed by atoms with Gasteiger partial charge in [-0.3, -0.25) is 4.79 Å². The third-order valence-corrected chi connectivity index (χ3v) is 3.53.